The standard InChI is InChI=1S/C9H14O2/c1-5-6-8(4)11-9(10)7(2)3/h5-6,8H,2H2,1,3-4H3. The summed E-state index contributed by atoms with van der Waals surface area (Å²) in [4.78, 5) is 10.9. The number of allylic oxidation sites excluding steroid dienone is 1. The van der Waals surface area contributed by atoms with E-state index < -0.39 is 0 Å². The van der Waals surface area contributed by atoms with Crippen LogP contribution >= 0.6 is 0 Å². The molecule has 0 aromatic rings. The first-order valence-corrected chi connectivity index (χ1v) is 3.57. The van der Waals surface area contributed by atoms with Crippen LogP contribution in [0.1, 0.15) is 20.8 Å². The van der Waals surface area contributed by atoms with E-state index in [1.165, 1.54) is 0 Å². The average Bonchev–Trinajstić information content (AvgIpc) is 1.87. The summed E-state index contributed by atoms with van der Waals surface area (Å²) in [6.07, 6.45) is 3.49. The first kappa shape index (κ1) is 9.95. The van der Waals surface area contributed by atoms with Crippen LogP contribution in [0, 0.1) is 0 Å². The Balaban J connectivity index is 3.85. The second-order valence-corrected chi connectivity index (χ2v) is 2.42. The van der Waals surface area contributed by atoms with Crippen molar-refractivity contribution >= 4 is 5.97 Å². The molecule has 11 heavy (non-hydrogen) atoms. The molecule has 0 radical (unpaired) electrons. The van der Waals surface area contributed by atoms with Crippen LogP contribution in [-0.4, -0.2) is 12.1 Å². The van der Waals surface area contributed by atoms with Crippen LogP contribution in [0.25, 0.3) is 0 Å². The van der Waals surface area contributed by atoms with Crippen molar-refractivity contribution in [3.63, 3.8) is 0 Å². The summed E-state index contributed by atoms with van der Waals surface area (Å²) in [6, 6.07) is 0. The van der Waals surface area contributed by atoms with Crippen molar-refractivity contribution in [2.24, 2.45) is 0 Å². The molecule has 0 saturated carbocycles. The minimum atomic E-state index is -0.337. The summed E-state index contributed by atoms with van der Waals surface area (Å²) in [5.74, 6) is -0.337. The summed E-state index contributed by atoms with van der Waals surface area (Å²) in [6.45, 7) is 8.79. The highest BCUT2D eigenvalue weighted by atomic mass is 16.5. The van der Waals surface area contributed by atoms with Gasteiger partial charge in [0, 0.05) is 5.57 Å². The SMILES string of the molecule is C=C(C)C(=O)OC(C)C=CC. The van der Waals surface area contributed by atoms with Crippen LogP contribution in [0.15, 0.2) is 24.3 Å². The van der Waals surface area contributed by atoms with Crippen LogP contribution in [0.5, 0.6) is 0 Å². The molecule has 0 aromatic carbocycles. The second-order valence-electron chi connectivity index (χ2n) is 2.42. The number of carbonyl (C=O) groups excluding carboxylic acids is 1. The Hall–Kier alpha value is -1.05. The van der Waals surface area contributed by atoms with Gasteiger partial charge in [-0.25, -0.2) is 4.79 Å². The summed E-state index contributed by atoms with van der Waals surface area (Å²) in [5, 5.41) is 0. The van der Waals surface area contributed by atoms with Crippen LogP contribution in [0.2, 0.25) is 0 Å². The molecule has 0 aliphatic heterocycles. The fourth-order valence-electron chi connectivity index (χ4n) is 0.580. The Labute approximate surface area is 67.6 Å². The molecule has 0 N–H and O–H groups in total. The number of esters is 1. The zero-order chi connectivity index (χ0) is 8.85. The van der Waals surface area contributed by atoms with Gasteiger partial charge in [0.1, 0.15) is 6.10 Å². The van der Waals surface area contributed by atoms with E-state index in [0.29, 0.717) is 5.57 Å². The molecule has 0 amide bonds. The Kier molecular flexibility index (Phi) is 4.27. The highest BCUT2D eigenvalue weighted by molar-refractivity contribution is 5.87. The van der Waals surface area contributed by atoms with Crippen LogP contribution in [0.4, 0.5) is 0 Å². The van der Waals surface area contributed by atoms with E-state index in [9.17, 15) is 4.79 Å². The molecule has 1 atom stereocenters. The van der Waals surface area contributed by atoms with E-state index in [2.05, 4.69) is 6.58 Å². The number of ether oxygens (including phenoxy) is 1. The van der Waals surface area contributed by atoms with E-state index in [1.807, 2.05) is 13.0 Å². The highest BCUT2D eigenvalue weighted by Crippen LogP contribution is 1.98. The Morgan fingerprint density at radius 1 is 1.64 bits per heavy atom. The van der Waals surface area contributed by atoms with E-state index in [-0.39, 0.29) is 12.1 Å². The van der Waals surface area contributed by atoms with Gasteiger partial charge >= 0.3 is 5.97 Å². The second kappa shape index (κ2) is 4.72. The van der Waals surface area contributed by atoms with Crippen molar-refractivity contribution < 1.29 is 9.53 Å². The van der Waals surface area contributed by atoms with Crippen molar-refractivity contribution in [3.8, 4) is 0 Å². The molecule has 2 heteroatoms. The number of carbonyl (C=O) groups is 1. The first-order chi connectivity index (χ1) is 5.07. The predicted molar refractivity (Wildman–Crippen MR) is 45.2 cm³/mol. The monoisotopic (exact) mass is 154 g/mol. The minimum Gasteiger partial charge on any atom is -0.455 e. The van der Waals surface area contributed by atoms with Crippen molar-refractivity contribution in [3.05, 3.63) is 24.3 Å². The normalized spacial score (nSPS) is 13.0. The quantitative estimate of drug-likeness (QED) is 0.353. The lowest BCUT2D eigenvalue weighted by Gasteiger charge is -2.07. The maximum Gasteiger partial charge on any atom is 0.333 e. The predicted octanol–water partition coefficient (Wildman–Crippen LogP) is 2.07. The molecule has 0 fully saturated rings. The molecule has 0 rings (SSSR count). The van der Waals surface area contributed by atoms with Gasteiger partial charge in [-0.2, -0.15) is 0 Å². The third kappa shape index (κ3) is 4.37. The Morgan fingerprint density at radius 3 is 2.55 bits per heavy atom. The smallest absolute Gasteiger partial charge is 0.333 e. The molecule has 1 unspecified atom stereocenters. The summed E-state index contributed by atoms with van der Waals surface area (Å²) >= 11 is 0. The summed E-state index contributed by atoms with van der Waals surface area (Å²) in [7, 11) is 0. The van der Waals surface area contributed by atoms with Gasteiger partial charge < -0.3 is 4.74 Å². The fraction of sp³-hybridized carbons (Fsp3) is 0.444. The van der Waals surface area contributed by atoms with E-state index in [1.54, 1.807) is 19.9 Å². The molecule has 0 saturated heterocycles. The lowest BCUT2D eigenvalue weighted by Crippen LogP contribution is -2.12. The lowest BCUT2D eigenvalue weighted by molar-refractivity contribution is -0.141. The number of rotatable bonds is 3. The molecule has 0 aliphatic carbocycles. The Bertz CT molecular complexity index is 180. The third-order valence-corrected chi connectivity index (χ3v) is 1.10. The molecule has 0 aliphatic rings. The van der Waals surface area contributed by atoms with Gasteiger partial charge in [-0.15, -0.1) is 0 Å². The maximum absolute atomic E-state index is 10.9. The lowest BCUT2D eigenvalue weighted by atomic mass is 10.3. The van der Waals surface area contributed by atoms with Gasteiger partial charge in [-0.3, -0.25) is 0 Å². The summed E-state index contributed by atoms with van der Waals surface area (Å²) < 4.78 is 4.93. The zero-order valence-corrected chi connectivity index (χ0v) is 7.26. The van der Waals surface area contributed by atoms with Crippen molar-refractivity contribution in [2.75, 3.05) is 0 Å². The molecular weight excluding hydrogens is 140 g/mol. The molecule has 0 heterocycles. The fourth-order valence-corrected chi connectivity index (χ4v) is 0.580. The average molecular weight is 154 g/mol. The van der Waals surface area contributed by atoms with Crippen molar-refractivity contribution in [1.29, 1.82) is 0 Å². The van der Waals surface area contributed by atoms with Crippen LogP contribution in [-0.2, 0) is 9.53 Å². The molecule has 0 aromatic heterocycles. The largest absolute Gasteiger partial charge is 0.455 e. The van der Waals surface area contributed by atoms with Gasteiger partial charge in [0.2, 0.25) is 0 Å². The van der Waals surface area contributed by atoms with Crippen molar-refractivity contribution in [1.82, 2.24) is 0 Å². The zero-order valence-electron chi connectivity index (χ0n) is 7.26. The van der Waals surface area contributed by atoms with E-state index in [4.69, 9.17) is 4.74 Å². The summed E-state index contributed by atoms with van der Waals surface area (Å²) in [5.41, 5.74) is 0.432. The molecular formula is C9H14O2. The van der Waals surface area contributed by atoms with Gasteiger partial charge in [0.25, 0.3) is 0 Å². The Morgan fingerprint density at radius 2 is 2.18 bits per heavy atom. The van der Waals surface area contributed by atoms with Gasteiger partial charge in [0.15, 0.2) is 0 Å². The van der Waals surface area contributed by atoms with Crippen molar-refractivity contribution in [2.45, 2.75) is 26.9 Å². The topological polar surface area (TPSA) is 26.3 Å². The molecule has 62 valence electrons. The molecule has 2 nitrogen and oxygen atoms in total. The van der Waals surface area contributed by atoms with Gasteiger partial charge in [-0.05, 0) is 26.8 Å². The van der Waals surface area contributed by atoms with E-state index >= 15 is 0 Å². The molecule has 0 spiro atoms. The number of hydrogen-bond acceptors (Lipinski definition) is 2. The third-order valence-electron chi connectivity index (χ3n) is 1.10. The van der Waals surface area contributed by atoms with Crippen LogP contribution < -0.4 is 0 Å². The maximum atomic E-state index is 10.9. The first-order valence-electron chi connectivity index (χ1n) is 3.57. The number of hydrogen-bond donors (Lipinski definition) is 0. The van der Waals surface area contributed by atoms with E-state index in [0.717, 1.165) is 0 Å². The van der Waals surface area contributed by atoms with Crippen LogP contribution in [0.3, 0.4) is 0 Å². The molecule has 0 bridgehead atoms. The highest BCUT2D eigenvalue weighted by Gasteiger charge is 2.05. The van der Waals surface area contributed by atoms with Gasteiger partial charge in [-0.1, -0.05) is 12.7 Å². The van der Waals surface area contributed by atoms with Gasteiger partial charge in [0.05, 0.1) is 0 Å². The minimum absolute atomic E-state index is 0.163.